The summed E-state index contributed by atoms with van der Waals surface area (Å²) in [6, 6.07) is 5.05. The molecule has 0 aliphatic rings. The van der Waals surface area contributed by atoms with Gasteiger partial charge in [0.1, 0.15) is 17.9 Å². The highest BCUT2D eigenvalue weighted by atomic mass is 35.5. The lowest BCUT2D eigenvalue weighted by Crippen LogP contribution is -2.03. The Labute approximate surface area is 121 Å². The van der Waals surface area contributed by atoms with Crippen LogP contribution in [0.1, 0.15) is 12.5 Å². The maximum atomic E-state index is 6.06. The zero-order valence-corrected chi connectivity index (χ0v) is 12.1. The lowest BCUT2D eigenvalue weighted by atomic mass is 10.3. The number of benzene rings is 1. The van der Waals surface area contributed by atoms with Crippen molar-refractivity contribution < 1.29 is 4.74 Å². The van der Waals surface area contributed by atoms with Gasteiger partial charge in [-0.15, -0.1) is 0 Å². The van der Waals surface area contributed by atoms with Gasteiger partial charge in [-0.2, -0.15) is 0 Å². The van der Waals surface area contributed by atoms with E-state index >= 15 is 0 Å². The Bertz CT molecular complexity index is 590. The Hall–Kier alpha value is -1.52. The molecule has 2 rings (SSSR count). The first-order valence-electron chi connectivity index (χ1n) is 5.80. The van der Waals surface area contributed by atoms with Gasteiger partial charge < -0.3 is 10.1 Å². The van der Waals surface area contributed by atoms with E-state index in [1.807, 2.05) is 13.8 Å². The van der Waals surface area contributed by atoms with Gasteiger partial charge in [-0.3, -0.25) is 0 Å². The molecule has 1 aromatic carbocycles. The Kier molecular flexibility index (Phi) is 4.45. The Morgan fingerprint density at radius 1 is 1.26 bits per heavy atom. The summed E-state index contributed by atoms with van der Waals surface area (Å²) >= 11 is 11.9. The number of hydrogen-bond acceptors (Lipinski definition) is 4. The highest BCUT2D eigenvalue weighted by Gasteiger charge is 2.10. The van der Waals surface area contributed by atoms with Crippen molar-refractivity contribution in [3.05, 3.63) is 40.1 Å². The molecule has 6 heteroatoms. The topological polar surface area (TPSA) is 47.0 Å². The van der Waals surface area contributed by atoms with Gasteiger partial charge in [0.2, 0.25) is 5.88 Å². The van der Waals surface area contributed by atoms with E-state index in [4.69, 9.17) is 27.9 Å². The van der Waals surface area contributed by atoms with Crippen molar-refractivity contribution in [3.63, 3.8) is 0 Å². The third-order valence-corrected chi connectivity index (χ3v) is 3.01. The van der Waals surface area contributed by atoms with Gasteiger partial charge in [0.05, 0.1) is 10.6 Å². The molecule has 1 heterocycles. The van der Waals surface area contributed by atoms with Crippen molar-refractivity contribution in [2.75, 3.05) is 11.9 Å². The monoisotopic (exact) mass is 297 g/mol. The number of nitrogens with zero attached hydrogens (tertiary/aromatic N) is 2. The first-order valence-corrected chi connectivity index (χ1v) is 6.55. The SMILES string of the molecule is CCNc1ncnc(Oc2ccc(Cl)cc2Cl)c1C. The van der Waals surface area contributed by atoms with Crippen molar-refractivity contribution in [2.24, 2.45) is 0 Å². The Balaban J connectivity index is 2.30. The van der Waals surface area contributed by atoms with E-state index in [-0.39, 0.29) is 0 Å². The molecule has 0 atom stereocenters. The first-order chi connectivity index (χ1) is 9.11. The second-order valence-electron chi connectivity index (χ2n) is 3.86. The summed E-state index contributed by atoms with van der Waals surface area (Å²) < 4.78 is 5.70. The molecule has 2 aromatic rings. The molecule has 1 aromatic heterocycles. The van der Waals surface area contributed by atoms with Gasteiger partial charge in [0.25, 0.3) is 0 Å². The van der Waals surface area contributed by atoms with Crippen LogP contribution in [0.25, 0.3) is 0 Å². The van der Waals surface area contributed by atoms with E-state index in [1.54, 1.807) is 18.2 Å². The van der Waals surface area contributed by atoms with Gasteiger partial charge in [-0.05, 0) is 32.0 Å². The fourth-order valence-electron chi connectivity index (χ4n) is 1.54. The van der Waals surface area contributed by atoms with Gasteiger partial charge in [-0.25, -0.2) is 9.97 Å². The third kappa shape index (κ3) is 3.28. The van der Waals surface area contributed by atoms with Crippen LogP contribution in [0, 0.1) is 6.92 Å². The quantitative estimate of drug-likeness (QED) is 0.913. The fraction of sp³-hybridized carbons (Fsp3) is 0.231. The molecule has 1 N–H and O–H groups in total. The summed E-state index contributed by atoms with van der Waals surface area (Å²) in [5.41, 5.74) is 0.829. The second-order valence-corrected chi connectivity index (χ2v) is 4.70. The standard InChI is InChI=1S/C13H13Cl2N3O/c1-3-16-12-8(2)13(18-7-17-12)19-11-5-4-9(14)6-10(11)15/h4-7H,3H2,1-2H3,(H,16,17,18). The number of ether oxygens (including phenoxy) is 1. The smallest absolute Gasteiger partial charge is 0.227 e. The van der Waals surface area contributed by atoms with E-state index in [2.05, 4.69) is 15.3 Å². The van der Waals surface area contributed by atoms with Crippen molar-refractivity contribution >= 4 is 29.0 Å². The molecule has 0 bridgehead atoms. The predicted molar refractivity (Wildman–Crippen MR) is 77.5 cm³/mol. The van der Waals surface area contributed by atoms with Gasteiger partial charge in [0.15, 0.2) is 0 Å². The van der Waals surface area contributed by atoms with E-state index in [1.165, 1.54) is 6.33 Å². The van der Waals surface area contributed by atoms with Crippen LogP contribution >= 0.6 is 23.2 Å². The molecule has 0 unspecified atom stereocenters. The molecule has 0 aliphatic carbocycles. The van der Waals surface area contributed by atoms with Crippen LogP contribution in [0.5, 0.6) is 11.6 Å². The highest BCUT2D eigenvalue weighted by molar-refractivity contribution is 6.35. The molecular formula is C13H13Cl2N3O. The van der Waals surface area contributed by atoms with Crippen LogP contribution in [0.2, 0.25) is 10.0 Å². The number of aromatic nitrogens is 2. The van der Waals surface area contributed by atoms with Crippen LogP contribution < -0.4 is 10.1 Å². The molecule has 0 aliphatic heterocycles. The van der Waals surface area contributed by atoms with Crippen LogP contribution in [-0.4, -0.2) is 16.5 Å². The normalized spacial score (nSPS) is 10.3. The minimum atomic E-state index is 0.440. The number of hydrogen-bond donors (Lipinski definition) is 1. The number of nitrogens with one attached hydrogen (secondary N) is 1. The largest absolute Gasteiger partial charge is 0.437 e. The van der Waals surface area contributed by atoms with E-state index in [0.717, 1.165) is 17.9 Å². The lowest BCUT2D eigenvalue weighted by Gasteiger charge is -2.11. The molecule has 4 nitrogen and oxygen atoms in total. The average molecular weight is 298 g/mol. The molecule has 0 radical (unpaired) electrons. The maximum absolute atomic E-state index is 6.06. The second kappa shape index (κ2) is 6.08. The molecule has 0 saturated carbocycles. The zero-order valence-electron chi connectivity index (χ0n) is 10.6. The summed E-state index contributed by atoms with van der Waals surface area (Å²) in [6.45, 7) is 4.66. The summed E-state index contributed by atoms with van der Waals surface area (Å²) in [5, 5.41) is 4.14. The lowest BCUT2D eigenvalue weighted by molar-refractivity contribution is 0.458. The summed E-state index contributed by atoms with van der Waals surface area (Å²) in [6.07, 6.45) is 1.45. The maximum Gasteiger partial charge on any atom is 0.227 e. The molecule has 0 saturated heterocycles. The minimum Gasteiger partial charge on any atom is -0.437 e. The molecule has 0 fully saturated rings. The minimum absolute atomic E-state index is 0.440. The van der Waals surface area contributed by atoms with Crippen molar-refractivity contribution in [1.29, 1.82) is 0 Å². The molecular weight excluding hydrogens is 285 g/mol. The van der Waals surface area contributed by atoms with Crippen LogP contribution in [0.3, 0.4) is 0 Å². The van der Waals surface area contributed by atoms with Gasteiger partial charge >= 0.3 is 0 Å². The van der Waals surface area contributed by atoms with Crippen LogP contribution in [0.4, 0.5) is 5.82 Å². The molecule has 0 amide bonds. The van der Waals surface area contributed by atoms with E-state index < -0.39 is 0 Å². The Morgan fingerprint density at radius 3 is 2.74 bits per heavy atom. The first kappa shape index (κ1) is 13.9. The number of anilines is 1. The third-order valence-electron chi connectivity index (χ3n) is 2.48. The number of rotatable bonds is 4. The average Bonchev–Trinajstić information content (AvgIpc) is 2.37. The summed E-state index contributed by atoms with van der Waals surface area (Å²) in [4.78, 5) is 8.27. The van der Waals surface area contributed by atoms with E-state index in [0.29, 0.717) is 21.7 Å². The van der Waals surface area contributed by atoms with Gasteiger partial charge in [0, 0.05) is 11.6 Å². The van der Waals surface area contributed by atoms with Gasteiger partial charge in [-0.1, -0.05) is 23.2 Å². The highest BCUT2D eigenvalue weighted by Crippen LogP contribution is 2.32. The summed E-state index contributed by atoms with van der Waals surface area (Å²) in [7, 11) is 0. The number of halogens is 2. The van der Waals surface area contributed by atoms with Crippen molar-refractivity contribution in [2.45, 2.75) is 13.8 Å². The summed E-state index contributed by atoms with van der Waals surface area (Å²) in [5.74, 6) is 1.73. The van der Waals surface area contributed by atoms with Crippen molar-refractivity contribution in [1.82, 2.24) is 9.97 Å². The zero-order chi connectivity index (χ0) is 13.8. The Morgan fingerprint density at radius 2 is 2.05 bits per heavy atom. The predicted octanol–water partition coefficient (Wildman–Crippen LogP) is 4.32. The van der Waals surface area contributed by atoms with Crippen LogP contribution in [0.15, 0.2) is 24.5 Å². The van der Waals surface area contributed by atoms with Crippen molar-refractivity contribution in [3.8, 4) is 11.6 Å². The van der Waals surface area contributed by atoms with E-state index in [9.17, 15) is 0 Å². The fourth-order valence-corrected chi connectivity index (χ4v) is 1.99. The molecule has 0 spiro atoms. The van der Waals surface area contributed by atoms with Crippen LogP contribution in [-0.2, 0) is 0 Å². The molecule has 19 heavy (non-hydrogen) atoms. The molecule has 100 valence electrons.